The average molecular weight is 263 g/mol. The quantitative estimate of drug-likeness (QED) is 0.807. The van der Waals surface area contributed by atoms with Crippen molar-refractivity contribution in [2.24, 2.45) is 0 Å². The number of rotatable bonds is 4. The molecule has 0 spiro atoms. The van der Waals surface area contributed by atoms with E-state index in [1.165, 1.54) is 14.1 Å². The van der Waals surface area contributed by atoms with Crippen LogP contribution < -0.4 is 0 Å². The minimum atomic E-state index is -5.10. The van der Waals surface area contributed by atoms with Gasteiger partial charge in [-0.05, 0) is 26.1 Å². The van der Waals surface area contributed by atoms with Crippen LogP contribution in [0.5, 0.6) is 0 Å². The summed E-state index contributed by atoms with van der Waals surface area (Å²) < 4.78 is 37.9. The second kappa shape index (κ2) is 5.26. The fourth-order valence-corrected chi connectivity index (χ4v) is 1.71. The summed E-state index contributed by atoms with van der Waals surface area (Å²) in [7, 11) is 2.75. The zero-order valence-electron chi connectivity index (χ0n) is 10.1. The van der Waals surface area contributed by atoms with Crippen LogP contribution in [0.25, 0.3) is 0 Å². The van der Waals surface area contributed by atoms with E-state index in [2.05, 4.69) is 0 Å². The smallest absolute Gasteiger partial charge is 0.357 e. The van der Waals surface area contributed by atoms with Gasteiger partial charge in [-0.2, -0.15) is 13.2 Å². The topological polar surface area (TPSA) is 43.7 Å². The Balaban J connectivity index is 2.98. The zero-order chi connectivity index (χ0) is 14.0. The minimum absolute atomic E-state index is 0.111. The monoisotopic (exact) mass is 263 g/mol. The normalized spacial score (nSPS) is 14.9. The van der Waals surface area contributed by atoms with Gasteiger partial charge in [0.2, 0.25) is 0 Å². The average Bonchev–Trinajstić information content (AvgIpc) is 2.25. The Labute approximate surface area is 103 Å². The molecule has 0 aliphatic rings. The molecule has 0 amide bonds. The Kier molecular flexibility index (Phi) is 4.37. The molecular weight excluding hydrogens is 247 g/mol. The van der Waals surface area contributed by atoms with Crippen LogP contribution in [0.3, 0.4) is 0 Å². The number of hydrogen-bond acceptors (Lipinski definition) is 3. The third-order valence-electron chi connectivity index (χ3n) is 2.78. The Morgan fingerprint density at radius 1 is 1.11 bits per heavy atom. The molecule has 0 saturated carbocycles. The first-order valence-electron chi connectivity index (χ1n) is 5.38. The summed E-state index contributed by atoms with van der Waals surface area (Å²) in [5, 5.41) is 18.7. The number of nitrogens with zero attached hydrogens (tertiary/aromatic N) is 1. The van der Waals surface area contributed by atoms with Crippen LogP contribution in [-0.4, -0.2) is 47.2 Å². The van der Waals surface area contributed by atoms with E-state index in [0.29, 0.717) is 5.56 Å². The van der Waals surface area contributed by atoms with Crippen LogP contribution in [0.1, 0.15) is 5.56 Å². The predicted molar refractivity (Wildman–Crippen MR) is 60.8 cm³/mol. The van der Waals surface area contributed by atoms with Crippen LogP contribution in [0.2, 0.25) is 0 Å². The molecule has 1 aromatic rings. The second-order valence-corrected chi connectivity index (χ2v) is 4.39. The van der Waals surface area contributed by atoms with Gasteiger partial charge in [0.1, 0.15) is 0 Å². The van der Waals surface area contributed by atoms with Crippen molar-refractivity contribution in [2.75, 3.05) is 14.1 Å². The van der Waals surface area contributed by atoms with Crippen molar-refractivity contribution in [3.8, 4) is 0 Å². The van der Waals surface area contributed by atoms with Crippen molar-refractivity contribution < 1.29 is 23.4 Å². The van der Waals surface area contributed by atoms with Crippen molar-refractivity contribution in [1.29, 1.82) is 0 Å². The molecule has 0 bridgehead atoms. The third-order valence-corrected chi connectivity index (χ3v) is 2.78. The van der Waals surface area contributed by atoms with E-state index in [1.807, 2.05) is 0 Å². The molecule has 1 atom stereocenters. The van der Waals surface area contributed by atoms with Gasteiger partial charge in [0, 0.05) is 0 Å². The largest absolute Gasteiger partial charge is 0.444 e. The van der Waals surface area contributed by atoms with Crippen LogP contribution in [0, 0.1) is 0 Å². The molecule has 2 N–H and O–H groups in total. The van der Waals surface area contributed by atoms with Crippen LogP contribution in [0.4, 0.5) is 13.2 Å². The van der Waals surface area contributed by atoms with Gasteiger partial charge in [-0.15, -0.1) is 0 Å². The second-order valence-electron chi connectivity index (χ2n) is 4.39. The minimum Gasteiger partial charge on any atom is -0.357 e. The van der Waals surface area contributed by atoms with E-state index in [4.69, 9.17) is 0 Å². The summed E-state index contributed by atoms with van der Waals surface area (Å²) in [4.78, 5) is 1.15. The van der Waals surface area contributed by atoms with Gasteiger partial charge in [-0.1, -0.05) is 30.3 Å². The summed E-state index contributed by atoms with van der Waals surface area (Å²) in [5.74, 6) is -3.74. The molecule has 1 unspecified atom stereocenters. The van der Waals surface area contributed by atoms with E-state index >= 15 is 0 Å². The molecule has 0 fully saturated rings. The zero-order valence-corrected chi connectivity index (χ0v) is 10.1. The van der Waals surface area contributed by atoms with Crippen LogP contribution >= 0.6 is 0 Å². The summed E-state index contributed by atoms with van der Waals surface area (Å²) >= 11 is 0. The number of aliphatic hydroxyl groups is 2. The molecule has 0 radical (unpaired) electrons. The summed E-state index contributed by atoms with van der Waals surface area (Å²) in [6.07, 6.45) is -5.21. The predicted octanol–water partition coefficient (Wildman–Crippen LogP) is 1.40. The third kappa shape index (κ3) is 3.22. The van der Waals surface area contributed by atoms with E-state index in [-0.39, 0.29) is 6.42 Å². The molecule has 0 saturated heterocycles. The summed E-state index contributed by atoms with van der Waals surface area (Å²) in [5.41, 5.74) is 0.605. The summed E-state index contributed by atoms with van der Waals surface area (Å²) in [6.45, 7) is 0. The van der Waals surface area contributed by atoms with Gasteiger partial charge in [0.25, 0.3) is 5.79 Å². The first-order chi connectivity index (χ1) is 8.16. The maximum atomic E-state index is 12.6. The molecule has 102 valence electrons. The molecule has 3 nitrogen and oxygen atoms in total. The highest BCUT2D eigenvalue weighted by Crippen LogP contribution is 2.33. The van der Waals surface area contributed by atoms with Crippen LogP contribution in [0.15, 0.2) is 30.3 Å². The molecule has 0 heterocycles. The lowest BCUT2D eigenvalue weighted by Gasteiger charge is -2.36. The summed E-state index contributed by atoms with van der Waals surface area (Å²) in [6, 6.07) is 6.92. The van der Waals surface area contributed by atoms with E-state index in [0.717, 1.165) is 4.90 Å². The van der Waals surface area contributed by atoms with Crippen molar-refractivity contribution >= 4 is 0 Å². The first kappa shape index (κ1) is 14.9. The van der Waals surface area contributed by atoms with Crippen LogP contribution in [-0.2, 0) is 6.42 Å². The Morgan fingerprint density at radius 3 is 2.00 bits per heavy atom. The number of hydrogen-bond donors (Lipinski definition) is 2. The van der Waals surface area contributed by atoms with Crippen molar-refractivity contribution in [3.05, 3.63) is 35.9 Å². The fraction of sp³-hybridized carbons (Fsp3) is 0.500. The van der Waals surface area contributed by atoms with Gasteiger partial charge in [-0.3, -0.25) is 0 Å². The highest BCUT2D eigenvalue weighted by molar-refractivity contribution is 5.17. The van der Waals surface area contributed by atoms with Crippen molar-refractivity contribution in [2.45, 2.75) is 24.4 Å². The standard InChI is InChI=1S/C12H16F3NO2/c1-16(2)10(11(17,18)12(13,14)15)8-9-6-4-3-5-7-9/h3-7,10,17-18H,8H2,1-2H3. The van der Waals surface area contributed by atoms with Gasteiger partial charge in [0.15, 0.2) is 0 Å². The molecule has 1 aromatic carbocycles. The Bertz CT molecular complexity index is 377. The van der Waals surface area contributed by atoms with Gasteiger partial charge in [-0.25, -0.2) is 0 Å². The first-order valence-corrected chi connectivity index (χ1v) is 5.38. The van der Waals surface area contributed by atoms with E-state index in [1.54, 1.807) is 30.3 Å². The number of benzene rings is 1. The van der Waals surface area contributed by atoms with Crippen molar-refractivity contribution in [1.82, 2.24) is 4.90 Å². The lowest BCUT2D eigenvalue weighted by Crippen LogP contribution is -2.60. The highest BCUT2D eigenvalue weighted by atomic mass is 19.4. The van der Waals surface area contributed by atoms with Gasteiger partial charge in [0.05, 0.1) is 6.04 Å². The van der Waals surface area contributed by atoms with Gasteiger partial charge >= 0.3 is 6.18 Å². The number of halogens is 3. The molecule has 0 aromatic heterocycles. The molecule has 0 aliphatic heterocycles. The molecule has 1 rings (SSSR count). The number of likely N-dealkylation sites (N-methyl/N-ethyl adjacent to an activating group) is 1. The number of alkyl halides is 3. The maximum Gasteiger partial charge on any atom is 0.444 e. The Hall–Kier alpha value is -1.11. The Morgan fingerprint density at radius 2 is 1.61 bits per heavy atom. The molecule has 0 aliphatic carbocycles. The molecule has 6 heteroatoms. The van der Waals surface area contributed by atoms with Crippen molar-refractivity contribution in [3.63, 3.8) is 0 Å². The lowest BCUT2D eigenvalue weighted by atomic mass is 9.97. The molecule has 18 heavy (non-hydrogen) atoms. The van der Waals surface area contributed by atoms with E-state index in [9.17, 15) is 23.4 Å². The fourth-order valence-electron chi connectivity index (χ4n) is 1.71. The van der Waals surface area contributed by atoms with Gasteiger partial charge < -0.3 is 15.1 Å². The SMILES string of the molecule is CN(C)C(Cc1ccccc1)C(O)(O)C(F)(F)F. The maximum absolute atomic E-state index is 12.6. The highest BCUT2D eigenvalue weighted by Gasteiger charge is 2.58. The lowest BCUT2D eigenvalue weighted by molar-refractivity contribution is -0.367. The molecular formula is C12H16F3NO2. The van der Waals surface area contributed by atoms with E-state index < -0.39 is 18.0 Å².